The van der Waals surface area contributed by atoms with Crippen LogP contribution in [-0.2, 0) is 10.0 Å². The third kappa shape index (κ3) is 4.27. The highest BCUT2D eigenvalue weighted by molar-refractivity contribution is 7.89. The Morgan fingerprint density at radius 3 is 2.61 bits per heavy atom. The van der Waals surface area contributed by atoms with E-state index in [2.05, 4.69) is 15.4 Å². The van der Waals surface area contributed by atoms with Gasteiger partial charge in [-0.3, -0.25) is 9.69 Å². The van der Waals surface area contributed by atoms with Crippen molar-refractivity contribution >= 4 is 15.9 Å². The second kappa shape index (κ2) is 8.46. The number of aliphatic hydroxyl groups excluding tert-OH is 1. The molecule has 3 aliphatic heterocycles. The van der Waals surface area contributed by atoms with E-state index in [4.69, 9.17) is 4.52 Å². The number of hydrogen-bond donors (Lipinski definition) is 2. The number of carbonyl (C=O) groups excluding carboxylic acids is 1. The van der Waals surface area contributed by atoms with E-state index < -0.39 is 15.3 Å². The molecule has 4 atom stereocenters. The lowest BCUT2D eigenvalue weighted by molar-refractivity contribution is 0.0899. The summed E-state index contributed by atoms with van der Waals surface area (Å²) in [4.78, 5) is 14.7. The number of nitrogens with zero attached hydrogens (tertiary/aromatic N) is 3. The van der Waals surface area contributed by atoms with Crippen molar-refractivity contribution in [2.24, 2.45) is 0 Å². The van der Waals surface area contributed by atoms with Crippen LogP contribution in [-0.4, -0.2) is 83.4 Å². The number of aliphatic hydroxyl groups is 1. The molecule has 1 amide bonds. The summed E-state index contributed by atoms with van der Waals surface area (Å²) in [5.74, 6) is 0.962. The van der Waals surface area contributed by atoms with Gasteiger partial charge >= 0.3 is 0 Å². The number of aromatic nitrogens is 1. The van der Waals surface area contributed by atoms with Crippen molar-refractivity contribution in [2.75, 3.05) is 26.2 Å². The van der Waals surface area contributed by atoms with Gasteiger partial charge in [0.05, 0.1) is 11.9 Å². The molecule has 1 aliphatic carbocycles. The predicted molar refractivity (Wildman–Crippen MR) is 113 cm³/mol. The smallest absolute Gasteiger partial charge is 0.273 e. The van der Waals surface area contributed by atoms with E-state index in [0.29, 0.717) is 44.0 Å². The van der Waals surface area contributed by atoms with E-state index >= 15 is 0 Å². The van der Waals surface area contributed by atoms with E-state index in [1.807, 2.05) is 0 Å². The molecule has 3 saturated heterocycles. The zero-order valence-electron chi connectivity index (χ0n) is 17.8. The Labute approximate surface area is 183 Å². The van der Waals surface area contributed by atoms with E-state index in [-0.39, 0.29) is 30.6 Å². The first-order chi connectivity index (χ1) is 15.0. The number of carbonyl (C=O) groups is 1. The molecule has 1 aromatic rings. The Kier molecular flexibility index (Phi) is 5.83. The highest BCUT2D eigenvalue weighted by Crippen LogP contribution is 2.41. The average molecular weight is 453 g/mol. The second-order valence-corrected chi connectivity index (χ2v) is 11.7. The van der Waals surface area contributed by atoms with Gasteiger partial charge in [-0.2, -0.15) is 4.31 Å². The molecule has 0 aromatic carbocycles. The molecule has 1 unspecified atom stereocenters. The summed E-state index contributed by atoms with van der Waals surface area (Å²) >= 11 is 0. The van der Waals surface area contributed by atoms with Crippen LogP contribution >= 0.6 is 0 Å². The molecule has 4 aliphatic rings. The van der Waals surface area contributed by atoms with Crippen LogP contribution in [0.25, 0.3) is 0 Å². The van der Waals surface area contributed by atoms with Gasteiger partial charge in [-0.15, -0.1) is 0 Å². The van der Waals surface area contributed by atoms with Gasteiger partial charge in [-0.1, -0.05) is 5.16 Å². The minimum absolute atomic E-state index is 0.0465. The van der Waals surface area contributed by atoms with Crippen LogP contribution in [0.15, 0.2) is 10.6 Å². The standard InChI is InChI=1S/C21H32N4O5S/c26-9-8-24-7-1-2-18(13-24)31(28,29)25-16-5-6-17(25)11-15(10-16)22-21(27)19-12-20(30-23-19)14-3-4-14/h12,14-18,26H,1-11,13H2,(H,22,27)/t15?,16-,17+,18-/m1/s1. The summed E-state index contributed by atoms with van der Waals surface area (Å²) in [5, 5.41) is 15.8. The maximum atomic E-state index is 13.5. The number of amides is 1. The first kappa shape index (κ1) is 21.4. The molecule has 4 heterocycles. The predicted octanol–water partition coefficient (Wildman–Crippen LogP) is 1.06. The Morgan fingerprint density at radius 1 is 1.19 bits per heavy atom. The first-order valence-corrected chi connectivity index (χ1v) is 13.1. The molecule has 5 rings (SSSR count). The van der Waals surface area contributed by atoms with Crippen molar-refractivity contribution in [2.45, 2.75) is 80.7 Å². The highest BCUT2D eigenvalue weighted by atomic mass is 32.2. The summed E-state index contributed by atoms with van der Waals surface area (Å²) in [6.07, 6.45) is 6.67. The summed E-state index contributed by atoms with van der Waals surface area (Å²) in [5.41, 5.74) is 0.315. The van der Waals surface area contributed by atoms with Gasteiger partial charge in [0.25, 0.3) is 5.91 Å². The number of nitrogens with one attached hydrogen (secondary N) is 1. The minimum Gasteiger partial charge on any atom is -0.395 e. The maximum absolute atomic E-state index is 13.5. The van der Waals surface area contributed by atoms with Gasteiger partial charge in [0.2, 0.25) is 10.0 Å². The van der Waals surface area contributed by atoms with Crippen molar-refractivity contribution in [3.63, 3.8) is 0 Å². The number of β-amino-alcohol motifs (C(OH)–C–C–N with tert-alkyl or cyclic N) is 1. The molecule has 31 heavy (non-hydrogen) atoms. The number of piperidine rings is 2. The van der Waals surface area contributed by atoms with Gasteiger partial charge in [0.15, 0.2) is 5.69 Å². The summed E-state index contributed by atoms with van der Waals surface area (Å²) in [7, 11) is -3.41. The van der Waals surface area contributed by atoms with Gasteiger partial charge in [-0.25, -0.2) is 8.42 Å². The van der Waals surface area contributed by atoms with E-state index in [0.717, 1.165) is 44.4 Å². The summed E-state index contributed by atoms with van der Waals surface area (Å²) in [6, 6.07) is 1.58. The molecule has 4 fully saturated rings. The Morgan fingerprint density at radius 2 is 1.94 bits per heavy atom. The Balaban J connectivity index is 1.22. The van der Waals surface area contributed by atoms with Crippen molar-refractivity contribution < 1.29 is 22.8 Å². The molecule has 9 nitrogen and oxygen atoms in total. The van der Waals surface area contributed by atoms with Gasteiger partial charge in [0, 0.05) is 43.2 Å². The van der Waals surface area contributed by atoms with Gasteiger partial charge in [-0.05, 0) is 57.9 Å². The van der Waals surface area contributed by atoms with Crippen LogP contribution in [0.1, 0.15) is 73.5 Å². The van der Waals surface area contributed by atoms with Crippen molar-refractivity contribution in [1.82, 2.24) is 19.7 Å². The molecule has 0 radical (unpaired) electrons. The van der Waals surface area contributed by atoms with Crippen molar-refractivity contribution in [1.29, 1.82) is 0 Å². The van der Waals surface area contributed by atoms with E-state index in [1.54, 1.807) is 10.4 Å². The quantitative estimate of drug-likeness (QED) is 0.636. The molecule has 1 aromatic heterocycles. The van der Waals surface area contributed by atoms with Crippen LogP contribution in [0.5, 0.6) is 0 Å². The maximum Gasteiger partial charge on any atom is 0.273 e. The van der Waals surface area contributed by atoms with E-state index in [1.165, 1.54) is 0 Å². The largest absolute Gasteiger partial charge is 0.395 e. The normalized spacial score (nSPS) is 32.3. The second-order valence-electron chi connectivity index (χ2n) is 9.58. The summed E-state index contributed by atoms with van der Waals surface area (Å²) in [6.45, 7) is 1.92. The number of hydrogen-bond acceptors (Lipinski definition) is 7. The lowest BCUT2D eigenvalue weighted by Gasteiger charge is -2.41. The monoisotopic (exact) mass is 452 g/mol. The highest BCUT2D eigenvalue weighted by Gasteiger charge is 2.49. The molecule has 2 bridgehead atoms. The fraction of sp³-hybridized carbons (Fsp3) is 0.810. The molecule has 10 heteroatoms. The van der Waals surface area contributed by atoms with Crippen LogP contribution in [0.4, 0.5) is 0 Å². The van der Waals surface area contributed by atoms with E-state index in [9.17, 15) is 18.3 Å². The van der Waals surface area contributed by atoms with Gasteiger partial charge in [0.1, 0.15) is 5.76 Å². The lowest BCUT2D eigenvalue weighted by atomic mass is 9.99. The number of fused-ring (bicyclic) bond motifs is 2. The lowest BCUT2D eigenvalue weighted by Crippen LogP contribution is -2.56. The number of likely N-dealkylation sites (tertiary alicyclic amines) is 1. The third-order valence-corrected chi connectivity index (χ3v) is 9.75. The zero-order valence-corrected chi connectivity index (χ0v) is 18.6. The fourth-order valence-corrected chi connectivity index (χ4v) is 8.08. The minimum atomic E-state index is -3.41. The van der Waals surface area contributed by atoms with Crippen molar-refractivity contribution in [3.05, 3.63) is 17.5 Å². The Bertz CT molecular complexity index is 899. The van der Waals surface area contributed by atoms with Crippen LogP contribution in [0.2, 0.25) is 0 Å². The average Bonchev–Trinajstić information content (AvgIpc) is 3.40. The molecule has 2 N–H and O–H groups in total. The first-order valence-electron chi connectivity index (χ1n) is 11.6. The topological polar surface area (TPSA) is 116 Å². The molecule has 0 spiro atoms. The molecular weight excluding hydrogens is 420 g/mol. The molecular formula is C21H32N4O5S. The van der Waals surface area contributed by atoms with Crippen LogP contribution in [0.3, 0.4) is 0 Å². The van der Waals surface area contributed by atoms with Crippen LogP contribution in [0, 0.1) is 0 Å². The zero-order chi connectivity index (χ0) is 21.6. The van der Waals surface area contributed by atoms with Crippen molar-refractivity contribution in [3.8, 4) is 0 Å². The molecule has 172 valence electrons. The SMILES string of the molecule is O=C(NC1C[C@H]2CC[C@@H](C1)N2S(=O)(=O)[C@@H]1CCCN(CCO)C1)c1cc(C2CC2)on1. The third-order valence-electron chi connectivity index (χ3n) is 7.34. The van der Waals surface area contributed by atoms with Crippen LogP contribution < -0.4 is 5.32 Å². The fourth-order valence-electron chi connectivity index (χ4n) is 5.66. The summed E-state index contributed by atoms with van der Waals surface area (Å²) < 4.78 is 34.1. The molecule has 1 saturated carbocycles. The number of sulfonamides is 1. The van der Waals surface area contributed by atoms with Gasteiger partial charge < -0.3 is 14.9 Å². The number of rotatable bonds is 7. The Hall–Kier alpha value is -1.49.